The highest BCUT2D eigenvalue weighted by atomic mass is 79.9. The van der Waals surface area contributed by atoms with Crippen LogP contribution < -0.4 is 0 Å². The Morgan fingerprint density at radius 1 is 1.59 bits per heavy atom. The molecule has 2 aromatic heterocycles. The van der Waals surface area contributed by atoms with Crippen molar-refractivity contribution in [2.75, 3.05) is 7.05 Å². The molecule has 0 fully saturated rings. The number of hydrogen-bond donors (Lipinski definition) is 0. The van der Waals surface area contributed by atoms with Crippen LogP contribution in [-0.2, 0) is 6.54 Å². The second-order valence-corrected chi connectivity index (χ2v) is 4.42. The van der Waals surface area contributed by atoms with Gasteiger partial charge in [0.25, 0.3) is 5.91 Å². The maximum absolute atomic E-state index is 12.0. The molecule has 0 aromatic carbocycles. The minimum atomic E-state index is -0.133. The Morgan fingerprint density at radius 3 is 2.88 bits per heavy atom. The molecule has 0 spiro atoms. The van der Waals surface area contributed by atoms with Gasteiger partial charge in [-0.1, -0.05) is 5.16 Å². The molecule has 2 aromatic rings. The summed E-state index contributed by atoms with van der Waals surface area (Å²) in [4.78, 5) is 13.6. The maximum atomic E-state index is 12.0. The summed E-state index contributed by atoms with van der Waals surface area (Å²) in [6.07, 6.45) is 1.46. The highest BCUT2D eigenvalue weighted by molar-refractivity contribution is 9.10. The highest BCUT2D eigenvalue weighted by Gasteiger charge is 2.18. The molecule has 0 N–H and O–H groups in total. The standard InChI is InChI=1S/C11H11BrN2O3/c1-7-5-8(13-17-7)6-14(2)11(15)9-3-4-16-10(9)12/h3-5H,6H2,1-2H3. The SMILES string of the molecule is Cc1cc(CN(C)C(=O)c2ccoc2Br)no1. The molecule has 17 heavy (non-hydrogen) atoms. The summed E-state index contributed by atoms with van der Waals surface area (Å²) in [5.41, 5.74) is 1.21. The number of hydrogen-bond acceptors (Lipinski definition) is 4. The minimum absolute atomic E-state index is 0.133. The molecular formula is C11H11BrN2O3. The van der Waals surface area contributed by atoms with Gasteiger partial charge in [0.15, 0.2) is 4.67 Å². The molecule has 0 radical (unpaired) electrons. The quantitative estimate of drug-likeness (QED) is 0.874. The van der Waals surface area contributed by atoms with E-state index in [2.05, 4.69) is 21.1 Å². The van der Waals surface area contributed by atoms with Crippen molar-refractivity contribution in [3.8, 4) is 0 Å². The summed E-state index contributed by atoms with van der Waals surface area (Å²) in [5.74, 6) is 0.594. The average Bonchev–Trinajstić information content (AvgIpc) is 2.86. The first-order valence-electron chi connectivity index (χ1n) is 4.98. The van der Waals surface area contributed by atoms with E-state index in [1.165, 1.54) is 6.26 Å². The largest absolute Gasteiger partial charge is 0.457 e. The molecular weight excluding hydrogens is 288 g/mol. The lowest BCUT2D eigenvalue weighted by Crippen LogP contribution is -2.26. The van der Waals surface area contributed by atoms with E-state index in [1.54, 1.807) is 24.1 Å². The fraction of sp³-hybridized carbons (Fsp3) is 0.273. The van der Waals surface area contributed by atoms with E-state index in [-0.39, 0.29) is 5.91 Å². The van der Waals surface area contributed by atoms with Crippen LogP contribution in [0.2, 0.25) is 0 Å². The third-order valence-corrected chi connectivity index (χ3v) is 2.89. The summed E-state index contributed by atoms with van der Waals surface area (Å²) < 4.78 is 10.4. The summed E-state index contributed by atoms with van der Waals surface area (Å²) in [6.45, 7) is 2.21. The lowest BCUT2D eigenvalue weighted by atomic mass is 10.3. The van der Waals surface area contributed by atoms with Gasteiger partial charge in [0, 0.05) is 13.1 Å². The molecule has 5 nitrogen and oxygen atoms in total. The first kappa shape index (κ1) is 11.9. The Hall–Kier alpha value is -1.56. The normalized spacial score (nSPS) is 10.5. The lowest BCUT2D eigenvalue weighted by molar-refractivity contribution is 0.0780. The molecule has 2 rings (SSSR count). The van der Waals surface area contributed by atoms with Crippen molar-refractivity contribution in [1.82, 2.24) is 10.1 Å². The summed E-state index contributed by atoms with van der Waals surface area (Å²) in [5, 5.41) is 3.84. The van der Waals surface area contributed by atoms with Crippen molar-refractivity contribution in [2.24, 2.45) is 0 Å². The van der Waals surface area contributed by atoms with Gasteiger partial charge in [-0.2, -0.15) is 0 Å². The number of nitrogens with zero attached hydrogens (tertiary/aromatic N) is 2. The monoisotopic (exact) mass is 298 g/mol. The van der Waals surface area contributed by atoms with E-state index in [1.807, 2.05) is 6.92 Å². The van der Waals surface area contributed by atoms with E-state index < -0.39 is 0 Å². The fourth-order valence-electron chi connectivity index (χ4n) is 1.46. The van der Waals surface area contributed by atoms with Crippen molar-refractivity contribution < 1.29 is 13.7 Å². The van der Waals surface area contributed by atoms with E-state index in [0.717, 1.165) is 11.5 Å². The number of furan rings is 1. The molecule has 0 aliphatic carbocycles. The molecule has 90 valence electrons. The summed E-state index contributed by atoms with van der Waals surface area (Å²) in [7, 11) is 1.70. The van der Waals surface area contributed by atoms with Gasteiger partial charge in [-0.05, 0) is 28.9 Å². The maximum Gasteiger partial charge on any atom is 0.258 e. The van der Waals surface area contributed by atoms with Crippen LogP contribution in [0.25, 0.3) is 0 Å². The number of rotatable bonds is 3. The number of amides is 1. The van der Waals surface area contributed by atoms with Gasteiger partial charge < -0.3 is 13.8 Å². The molecule has 0 saturated carbocycles. The predicted molar refractivity (Wildman–Crippen MR) is 63.4 cm³/mol. The lowest BCUT2D eigenvalue weighted by Gasteiger charge is -2.14. The third-order valence-electron chi connectivity index (χ3n) is 2.27. The number of aryl methyl sites for hydroxylation is 1. The Morgan fingerprint density at radius 2 is 2.35 bits per heavy atom. The van der Waals surface area contributed by atoms with E-state index in [4.69, 9.17) is 8.94 Å². The van der Waals surface area contributed by atoms with Crippen LogP contribution in [0.4, 0.5) is 0 Å². The predicted octanol–water partition coefficient (Wildman–Crippen LogP) is 2.61. The van der Waals surface area contributed by atoms with Crippen LogP contribution in [-0.4, -0.2) is 23.0 Å². The molecule has 1 amide bonds. The van der Waals surface area contributed by atoms with Crippen molar-refractivity contribution >= 4 is 21.8 Å². The molecule has 2 heterocycles. The summed E-state index contributed by atoms with van der Waals surface area (Å²) >= 11 is 3.18. The Balaban J connectivity index is 2.08. The first-order valence-corrected chi connectivity index (χ1v) is 5.78. The zero-order valence-electron chi connectivity index (χ0n) is 9.44. The zero-order chi connectivity index (χ0) is 12.4. The molecule has 0 bridgehead atoms. The topological polar surface area (TPSA) is 59.5 Å². The molecule has 6 heteroatoms. The van der Waals surface area contributed by atoms with Crippen molar-refractivity contribution in [1.29, 1.82) is 0 Å². The van der Waals surface area contributed by atoms with E-state index >= 15 is 0 Å². The highest BCUT2D eigenvalue weighted by Crippen LogP contribution is 2.19. The van der Waals surface area contributed by atoms with Crippen LogP contribution in [0, 0.1) is 6.92 Å². The van der Waals surface area contributed by atoms with Gasteiger partial charge in [-0.25, -0.2) is 0 Å². The van der Waals surface area contributed by atoms with Gasteiger partial charge in [-0.3, -0.25) is 4.79 Å². The minimum Gasteiger partial charge on any atom is -0.457 e. The van der Waals surface area contributed by atoms with Gasteiger partial charge >= 0.3 is 0 Å². The van der Waals surface area contributed by atoms with Gasteiger partial charge in [0.05, 0.1) is 18.4 Å². The Bertz CT molecular complexity index is 532. The fourth-order valence-corrected chi connectivity index (χ4v) is 1.87. The van der Waals surface area contributed by atoms with Crippen LogP contribution in [0.15, 0.2) is 32.0 Å². The summed E-state index contributed by atoms with van der Waals surface area (Å²) in [6, 6.07) is 3.42. The van der Waals surface area contributed by atoms with E-state index in [9.17, 15) is 4.79 Å². The Labute approximate surface area is 106 Å². The van der Waals surface area contributed by atoms with Crippen LogP contribution >= 0.6 is 15.9 Å². The zero-order valence-corrected chi connectivity index (χ0v) is 11.0. The number of carbonyl (C=O) groups is 1. The van der Waals surface area contributed by atoms with Crippen LogP contribution in [0.1, 0.15) is 21.8 Å². The molecule has 0 aliphatic rings. The third kappa shape index (κ3) is 2.58. The first-order chi connectivity index (χ1) is 8.08. The number of carbonyl (C=O) groups excluding carboxylic acids is 1. The second-order valence-electron chi connectivity index (χ2n) is 3.70. The van der Waals surface area contributed by atoms with E-state index in [0.29, 0.717) is 16.8 Å². The van der Waals surface area contributed by atoms with Crippen LogP contribution in [0.3, 0.4) is 0 Å². The molecule has 0 atom stereocenters. The van der Waals surface area contributed by atoms with Crippen molar-refractivity contribution in [3.05, 3.63) is 40.1 Å². The number of halogens is 1. The molecule has 0 unspecified atom stereocenters. The second kappa shape index (κ2) is 4.75. The number of aromatic nitrogens is 1. The molecule has 0 saturated heterocycles. The van der Waals surface area contributed by atoms with Gasteiger partial charge in [0.2, 0.25) is 0 Å². The smallest absolute Gasteiger partial charge is 0.258 e. The Kier molecular flexibility index (Phi) is 3.33. The van der Waals surface area contributed by atoms with Gasteiger partial charge in [-0.15, -0.1) is 0 Å². The van der Waals surface area contributed by atoms with Crippen molar-refractivity contribution in [3.63, 3.8) is 0 Å². The van der Waals surface area contributed by atoms with Crippen LogP contribution in [0.5, 0.6) is 0 Å². The van der Waals surface area contributed by atoms with Crippen molar-refractivity contribution in [2.45, 2.75) is 13.5 Å². The average molecular weight is 299 g/mol. The molecule has 0 aliphatic heterocycles. The van der Waals surface area contributed by atoms with Gasteiger partial charge in [0.1, 0.15) is 11.5 Å².